The smallest absolute Gasteiger partial charge is 0.123 e. The lowest BCUT2D eigenvalue weighted by atomic mass is 10.3. The Morgan fingerprint density at radius 1 is 1.25 bits per heavy atom. The van der Waals surface area contributed by atoms with Crippen LogP contribution in [0, 0.1) is 0 Å². The van der Waals surface area contributed by atoms with Gasteiger partial charge in [-0.2, -0.15) is 0 Å². The maximum absolute atomic E-state index is 5.93. The van der Waals surface area contributed by atoms with Gasteiger partial charge in [0.15, 0.2) is 0 Å². The molecule has 0 radical (unpaired) electrons. The topological polar surface area (TPSA) is 44.5 Å². The number of hydrogen-bond donors (Lipinski definition) is 1. The van der Waals surface area contributed by atoms with Crippen molar-refractivity contribution in [2.45, 2.75) is 25.3 Å². The highest BCUT2D eigenvalue weighted by Gasteiger charge is 2.39. The molecule has 3 nitrogen and oxygen atoms in total. The molecule has 1 fully saturated rings. The van der Waals surface area contributed by atoms with Gasteiger partial charge in [0.25, 0.3) is 0 Å². The first-order valence-electron chi connectivity index (χ1n) is 5.36. The van der Waals surface area contributed by atoms with Gasteiger partial charge in [0.05, 0.1) is 12.1 Å². The Hall–Kier alpha value is -0.930. The van der Waals surface area contributed by atoms with Crippen molar-refractivity contribution in [2.75, 3.05) is 13.2 Å². The molecule has 2 N–H and O–H groups in total. The molecule has 1 aromatic carbocycles. The van der Waals surface area contributed by atoms with Crippen molar-refractivity contribution in [2.24, 2.45) is 5.73 Å². The Bertz CT molecular complexity index is 340. The summed E-state index contributed by atoms with van der Waals surface area (Å²) in [6.07, 6.45) is 2.14. The second-order valence-corrected chi connectivity index (χ2v) is 4.06. The third-order valence-electron chi connectivity index (χ3n) is 2.54. The molecule has 0 amide bonds. The zero-order valence-corrected chi connectivity index (χ0v) is 10.3. The SMILES string of the molecule is CCOc1cccc(OCC2(N)CC2)c1.Cl. The van der Waals surface area contributed by atoms with Crippen LogP contribution in [0.4, 0.5) is 0 Å². The molecule has 0 spiro atoms. The van der Waals surface area contributed by atoms with Gasteiger partial charge in [0.2, 0.25) is 0 Å². The zero-order chi connectivity index (χ0) is 10.7. The Labute approximate surface area is 102 Å². The first-order valence-corrected chi connectivity index (χ1v) is 5.36. The second kappa shape index (κ2) is 5.41. The summed E-state index contributed by atoms with van der Waals surface area (Å²) in [6, 6.07) is 7.67. The monoisotopic (exact) mass is 243 g/mol. The molecule has 4 heteroatoms. The number of nitrogens with two attached hydrogens (primary N) is 1. The van der Waals surface area contributed by atoms with Crippen molar-refractivity contribution in [3.63, 3.8) is 0 Å². The molecule has 0 aliphatic heterocycles. The Morgan fingerprint density at radius 2 is 1.88 bits per heavy atom. The normalized spacial score (nSPS) is 16.1. The average Bonchev–Trinajstić information content (AvgIpc) is 2.96. The summed E-state index contributed by atoms with van der Waals surface area (Å²) in [6.45, 7) is 3.24. The number of hydrogen-bond acceptors (Lipinski definition) is 3. The number of benzene rings is 1. The van der Waals surface area contributed by atoms with Crippen LogP contribution in [0.5, 0.6) is 11.5 Å². The van der Waals surface area contributed by atoms with Crippen LogP contribution in [-0.2, 0) is 0 Å². The number of halogens is 1. The van der Waals surface area contributed by atoms with E-state index >= 15 is 0 Å². The summed E-state index contributed by atoms with van der Waals surface area (Å²) in [5.41, 5.74) is 5.87. The lowest BCUT2D eigenvalue weighted by Gasteiger charge is -2.12. The second-order valence-electron chi connectivity index (χ2n) is 4.06. The van der Waals surface area contributed by atoms with E-state index in [0.29, 0.717) is 13.2 Å². The van der Waals surface area contributed by atoms with Crippen LogP contribution in [0.1, 0.15) is 19.8 Å². The average molecular weight is 244 g/mol. The summed E-state index contributed by atoms with van der Waals surface area (Å²) in [5.74, 6) is 1.68. The van der Waals surface area contributed by atoms with E-state index in [1.807, 2.05) is 31.2 Å². The molecule has 0 unspecified atom stereocenters. The van der Waals surface area contributed by atoms with Crippen molar-refractivity contribution >= 4 is 12.4 Å². The van der Waals surface area contributed by atoms with Crippen LogP contribution in [0.3, 0.4) is 0 Å². The third kappa shape index (κ3) is 3.58. The molecule has 0 aromatic heterocycles. The van der Waals surface area contributed by atoms with Gasteiger partial charge in [0.1, 0.15) is 18.1 Å². The van der Waals surface area contributed by atoms with E-state index in [9.17, 15) is 0 Å². The fourth-order valence-electron chi connectivity index (χ4n) is 1.35. The highest BCUT2D eigenvalue weighted by Crippen LogP contribution is 2.33. The maximum Gasteiger partial charge on any atom is 0.123 e. The fraction of sp³-hybridized carbons (Fsp3) is 0.500. The highest BCUT2D eigenvalue weighted by molar-refractivity contribution is 5.85. The van der Waals surface area contributed by atoms with Crippen LogP contribution < -0.4 is 15.2 Å². The quantitative estimate of drug-likeness (QED) is 0.864. The molecule has 1 aliphatic carbocycles. The molecule has 0 atom stereocenters. The first kappa shape index (κ1) is 13.1. The summed E-state index contributed by atoms with van der Waals surface area (Å²) in [5, 5.41) is 0. The number of ether oxygens (including phenoxy) is 2. The minimum absolute atomic E-state index is 0. The van der Waals surface area contributed by atoms with E-state index in [1.54, 1.807) is 0 Å². The van der Waals surface area contributed by atoms with E-state index in [4.69, 9.17) is 15.2 Å². The highest BCUT2D eigenvalue weighted by atomic mass is 35.5. The van der Waals surface area contributed by atoms with E-state index in [2.05, 4.69) is 0 Å². The zero-order valence-electron chi connectivity index (χ0n) is 9.44. The van der Waals surface area contributed by atoms with Gasteiger partial charge in [-0.05, 0) is 31.9 Å². The van der Waals surface area contributed by atoms with Crippen LogP contribution in [-0.4, -0.2) is 18.8 Å². The molecule has 2 rings (SSSR count). The summed E-state index contributed by atoms with van der Waals surface area (Å²) < 4.78 is 11.0. The van der Waals surface area contributed by atoms with Crippen molar-refractivity contribution < 1.29 is 9.47 Å². The number of rotatable bonds is 5. The van der Waals surface area contributed by atoms with E-state index in [1.165, 1.54) is 0 Å². The van der Waals surface area contributed by atoms with Crippen molar-refractivity contribution in [3.05, 3.63) is 24.3 Å². The van der Waals surface area contributed by atoms with Gasteiger partial charge in [-0.15, -0.1) is 12.4 Å². The Kier molecular flexibility index (Phi) is 4.44. The lowest BCUT2D eigenvalue weighted by molar-refractivity contribution is 0.276. The van der Waals surface area contributed by atoms with Crippen LogP contribution in [0.15, 0.2) is 24.3 Å². The molecule has 0 heterocycles. The van der Waals surface area contributed by atoms with E-state index in [-0.39, 0.29) is 17.9 Å². The van der Waals surface area contributed by atoms with Crippen LogP contribution in [0.25, 0.3) is 0 Å². The summed E-state index contributed by atoms with van der Waals surface area (Å²) in [7, 11) is 0. The molecular weight excluding hydrogens is 226 g/mol. The lowest BCUT2D eigenvalue weighted by Crippen LogP contribution is -2.29. The molecule has 90 valence electrons. The predicted octanol–water partition coefficient (Wildman–Crippen LogP) is 2.38. The Balaban J connectivity index is 0.00000128. The van der Waals surface area contributed by atoms with Crippen LogP contribution >= 0.6 is 12.4 Å². The predicted molar refractivity (Wildman–Crippen MR) is 66.5 cm³/mol. The minimum atomic E-state index is -0.0678. The van der Waals surface area contributed by atoms with Crippen molar-refractivity contribution in [3.8, 4) is 11.5 Å². The van der Waals surface area contributed by atoms with Gasteiger partial charge in [-0.25, -0.2) is 0 Å². The standard InChI is InChI=1S/C12H17NO2.ClH/c1-2-14-10-4-3-5-11(8-10)15-9-12(13)6-7-12;/h3-5,8H,2,6-7,9,13H2,1H3;1H. The summed E-state index contributed by atoms with van der Waals surface area (Å²) in [4.78, 5) is 0. The maximum atomic E-state index is 5.93. The van der Waals surface area contributed by atoms with Gasteiger partial charge in [0, 0.05) is 6.07 Å². The molecule has 0 bridgehead atoms. The minimum Gasteiger partial charge on any atom is -0.494 e. The van der Waals surface area contributed by atoms with Gasteiger partial charge >= 0.3 is 0 Å². The molecule has 1 aromatic rings. The van der Waals surface area contributed by atoms with Crippen molar-refractivity contribution in [1.29, 1.82) is 0 Å². The van der Waals surface area contributed by atoms with Gasteiger partial charge in [-0.1, -0.05) is 6.07 Å². The summed E-state index contributed by atoms with van der Waals surface area (Å²) >= 11 is 0. The van der Waals surface area contributed by atoms with Gasteiger partial charge in [-0.3, -0.25) is 0 Å². The molecular formula is C12H18ClNO2. The molecule has 16 heavy (non-hydrogen) atoms. The molecule has 1 aliphatic rings. The van der Waals surface area contributed by atoms with E-state index in [0.717, 1.165) is 24.3 Å². The Morgan fingerprint density at radius 3 is 2.44 bits per heavy atom. The largest absolute Gasteiger partial charge is 0.494 e. The molecule has 0 saturated heterocycles. The van der Waals surface area contributed by atoms with Crippen molar-refractivity contribution in [1.82, 2.24) is 0 Å². The van der Waals surface area contributed by atoms with Crippen LogP contribution in [0.2, 0.25) is 0 Å². The van der Waals surface area contributed by atoms with E-state index < -0.39 is 0 Å². The molecule has 1 saturated carbocycles. The fourth-order valence-corrected chi connectivity index (χ4v) is 1.35. The van der Waals surface area contributed by atoms with Gasteiger partial charge < -0.3 is 15.2 Å². The first-order chi connectivity index (χ1) is 7.22. The third-order valence-corrected chi connectivity index (χ3v) is 2.54.